The first-order valence-electron chi connectivity index (χ1n) is 5.46. The van der Waals surface area contributed by atoms with Gasteiger partial charge < -0.3 is 10.4 Å². The summed E-state index contributed by atoms with van der Waals surface area (Å²) in [4.78, 5) is 13.9. The first-order chi connectivity index (χ1) is 9.80. The summed E-state index contributed by atoms with van der Waals surface area (Å²) in [5, 5.41) is 24.4. The second kappa shape index (κ2) is 10.2. The molecule has 0 aliphatic carbocycles. The molecule has 2 aromatic heterocycles. The maximum atomic E-state index is 10.3. The molecule has 0 bridgehead atoms. The van der Waals surface area contributed by atoms with Gasteiger partial charge in [-0.15, -0.1) is 0 Å². The number of aromatic amines is 1. The minimum Gasteiger partial charge on any atom is -0.477 e. The van der Waals surface area contributed by atoms with Gasteiger partial charge in [-0.3, -0.25) is 4.99 Å². The second-order valence-corrected chi connectivity index (χ2v) is 3.92. The van der Waals surface area contributed by atoms with Gasteiger partial charge in [0.2, 0.25) is 0 Å². The number of aliphatic carboxylic acids is 1. The van der Waals surface area contributed by atoms with Crippen molar-refractivity contribution in [2.45, 2.75) is 0 Å². The van der Waals surface area contributed by atoms with Crippen LogP contribution in [0.1, 0.15) is 0 Å². The van der Waals surface area contributed by atoms with Gasteiger partial charge in [0.15, 0.2) is 0 Å². The predicted molar refractivity (Wildman–Crippen MR) is 77.2 cm³/mol. The van der Waals surface area contributed by atoms with Crippen LogP contribution in [0.5, 0.6) is 0 Å². The van der Waals surface area contributed by atoms with Crippen LogP contribution in [0.15, 0.2) is 64.5 Å². The number of rotatable bonds is 1. The van der Waals surface area contributed by atoms with Gasteiger partial charge in [-0.1, -0.05) is 12.1 Å². The number of nitrogens with zero attached hydrogens (tertiary/aromatic N) is 3. The summed E-state index contributed by atoms with van der Waals surface area (Å²) < 4.78 is 0. The standard InChI is InChI=1S/C6H6N2O2.C4H4S.C2H3N3/c9-6(10)5-4-7-2-1-3-8-5;2*1-2-4-5-3-1/h1-4,8H,(H,9,10);1-4H;1-2H,(H,3,4,5). The molecule has 7 nitrogen and oxygen atoms in total. The van der Waals surface area contributed by atoms with Gasteiger partial charge in [0, 0.05) is 12.4 Å². The van der Waals surface area contributed by atoms with Crippen molar-refractivity contribution in [2.24, 2.45) is 4.99 Å². The average Bonchev–Trinajstić information content (AvgIpc) is 3.13. The number of thiophene rings is 1. The average molecular weight is 291 g/mol. The van der Waals surface area contributed by atoms with Crippen molar-refractivity contribution in [3.8, 4) is 0 Å². The first-order valence-corrected chi connectivity index (χ1v) is 6.40. The summed E-state index contributed by atoms with van der Waals surface area (Å²) in [6.45, 7) is 0. The molecular formula is C12H13N5O2S. The third-order valence-corrected chi connectivity index (χ3v) is 2.33. The number of carbonyl (C=O) groups is 1. The predicted octanol–water partition coefficient (Wildman–Crippen LogP) is 1.65. The smallest absolute Gasteiger partial charge is 0.353 e. The molecule has 2 aromatic rings. The molecule has 8 heteroatoms. The van der Waals surface area contributed by atoms with Crippen LogP contribution in [-0.4, -0.2) is 32.7 Å². The third kappa shape index (κ3) is 7.56. The number of aliphatic imine (C=N–C) groups is 1. The van der Waals surface area contributed by atoms with Crippen LogP contribution in [0.25, 0.3) is 0 Å². The summed E-state index contributed by atoms with van der Waals surface area (Å²) >= 11 is 1.71. The highest BCUT2D eigenvalue weighted by atomic mass is 32.1. The van der Waals surface area contributed by atoms with E-state index in [1.165, 1.54) is 18.6 Å². The number of nitrogens with one attached hydrogen (secondary N) is 2. The van der Waals surface area contributed by atoms with E-state index in [4.69, 9.17) is 5.11 Å². The minimum absolute atomic E-state index is 0.0741. The van der Waals surface area contributed by atoms with E-state index in [0.29, 0.717) is 0 Å². The molecule has 3 rings (SSSR count). The third-order valence-electron chi connectivity index (χ3n) is 1.70. The van der Waals surface area contributed by atoms with Crippen LogP contribution in [0.2, 0.25) is 0 Å². The number of hydrogen-bond donors (Lipinski definition) is 3. The zero-order valence-electron chi connectivity index (χ0n) is 10.4. The van der Waals surface area contributed by atoms with Gasteiger partial charge >= 0.3 is 5.97 Å². The van der Waals surface area contributed by atoms with E-state index in [-0.39, 0.29) is 5.70 Å². The largest absolute Gasteiger partial charge is 0.477 e. The van der Waals surface area contributed by atoms with Crippen molar-refractivity contribution in [1.29, 1.82) is 0 Å². The molecule has 0 radical (unpaired) electrons. The topological polar surface area (TPSA) is 103 Å². The lowest BCUT2D eigenvalue weighted by atomic mass is 10.5. The SMILES string of the molecule is O=C(O)C1=CN=CC=CN1.c1ccsc1.c1cn[nH]n1. The fourth-order valence-electron chi connectivity index (χ4n) is 0.896. The van der Waals surface area contributed by atoms with E-state index in [9.17, 15) is 4.79 Å². The van der Waals surface area contributed by atoms with Gasteiger partial charge in [0.1, 0.15) is 5.70 Å². The van der Waals surface area contributed by atoms with E-state index < -0.39 is 5.97 Å². The normalized spacial score (nSPS) is 11.7. The Morgan fingerprint density at radius 2 is 1.90 bits per heavy atom. The van der Waals surface area contributed by atoms with E-state index in [1.807, 2.05) is 22.9 Å². The monoisotopic (exact) mass is 291 g/mol. The summed E-state index contributed by atoms with van der Waals surface area (Å²) in [6.07, 6.45) is 9.05. The highest BCUT2D eigenvalue weighted by Crippen LogP contribution is 1.92. The number of H-pyrrole nitrogens is 1. The summed E-state index contributed by atoms with van der Waals surface area (Å²) in [5.41, 5.74) is 0.0741. The molecule has 1 aliphatic rings. The molecule has 0 unspecified atom stereocenters. The van der Waals surface area contributed by atoms with E-state index in [1.54, 1.807) is 29.8 Å². The molecule has 3 N–H and O–H groups in total. The van der Waals surface area contributed by atoms with Crippen molar-refractivity contribution in [2.75, 3.05) is 0 Å². The molecule has 1 aliphatic heterocycles. The Kier molecular flexibility index (Phi) is 7.82. The molecule has 0 atom stereocenters. The van der Waals surface area contributed by atoms with Gasteiger partial charge in [0.05, 0.1) is 18.6 Å². The molecule has 0 saturated heterocycles. The van der Waals surface area contributed by atoms with Crippen LogP contribution in [-0.2, 0) is 4.79 Å². The summed E-state index contributed by atoms with van der Waals surface area (Å²) in [6, 6.07) is 4.04. The number of aromatic nitrogens is 3. The molecule has 0 aromatic carbocycles. The van der Waals surface area contributed by atoms with Gasteiger partial charge in [-0.2, -0.15) is 26.7 Å². The van der Waals surface area contributed by atoms with Gasteiger partial charge in [-0.05, 0) is 16.8 Å². The number of hydrogen-bond acceptors (Lipinski definition) is 6. The first kappa shape index (κ1) is 15.3. The van der Waals surface area contributed by atoms with E-state index in [2.05, 4.69) is 25.7 Å². The Morgan fingerprint density at radius 3 is 2.35 bits per heavy atom. The van der Waals surface area contributed by atoms with Crippen LogP contribution in [0, 0.1) is 0 Å². The number of carboxylic acid groups (broad SMARTS) is 1. The lowest BCUT2D eigenvalue weighted by Crippen LogP contribution is -2.13. The molecule has 0 amide bonds. The molecule has 0 fully saturated rings. The van der Waals surface area contributed by atoms with Crippen LogP contribution < -0.4 is 5.32 Å². The molecular weight excluding hydrogens is 278 g/mol. The van der Waals surface area contributed by atoms with Gasteiger partial charge in [-0.25, -0.2) is 4.79 Å². The van der Waals surface area contributed by atoms with Crippen molar-refractivity contribution in [3.05, 3.63) is 59.5 Å². The van der Waals surface area contributed by atoms with Gasteiger partial charge in [0.25, 0.3) is 0 Å². The Balaban J connectivity index is 0.000000167. The maximum Gasteiger partial charge on any atom is 0.353 e. The Bertz CT molecular complexity index is 486. The zero-order valence-corrected chi connectivity index (χ0v) is 11.2. The van der Waals surface area contributed by atoms with Crippen molar-refractivity contribution < 1.29 is 9.90 Å². The van der Waals surface area contributed by atoms with Crippen molar-refractivity contribution in [3.63, 3.8) is 0 Å². The molecule has 20 heavy (non-hydrogen) atoms. The highest BCUT2D eigenvalue weighted by molar-refractivity contribution is 7.07. The number of carboxylic acids is 1. The Hall–Kier alpha value is -2.74. The fraction of sp³-hybridized carbons (Fsp3) is 0. The number of allylic oxidation sites excluding steroid dienone is 1. The summed E-state index contributed by atoms with van der Waals surface area (Å²) in [5.74, 6) is -1.01. The Morgan fingerprint density at radius 1 is 1.20 bits per heavy atom. The van der Waals surface area contributed by atoms with Crippen molar-refractivity contribution in [1.82, 2.24) is 20.7 Å². The minimum atomic E-state index is -1.01. The lowest BCUT2D eigenvalue weighted by Gasteiger charge is -1.95. The second-order valence-electron chi connectivity index (χ2n) is 3.10. The Labute approximate surface area is 119 Å². The highest BCUT2D eigenvalue weighted by Gasteiger charge is 2.03. The maximum absolute atomic E-state index is 10.3. The fourth-order valence-corrected chi connectivity index (χ4v) is 1.35. The van der Waals surface area contributed by atoms with E-state index in [0.717, 1.165) is 0 Å². The summed E-state index contributed by atoms with van der Waals surface area (Å²) in [7, 11) is 0. The van der Waals surface area contributed by atoms with Crippen LogP contribution in [0.4, 0.5) is 0 Å². The molecule has 104 valence electrons. The molecule has 0 saturated carbocycles. The van der Waals surface area contributed by atoms with Crippen LogP contribution >= 0.6 is 11.3 Å². The lowest BCUT2D eigenvalue weighted by molar-refractivity contribution is -0.133. The molecule has 3 heterocycles. The van der Waals surface area contributed by atoms with E-state index >= 15 is 0 Å². The van der Waals surface area contributed by atoms with Crippen LogP contribution in [0.3, 0.4) is 0 Å². The molecule has 0 spiro atoms. The van der Waals surface area contributed by atoms with Crippen molar-refractivity contribution >= 4 is 23.5 Å². The quantitative estimate of drug-likeness (QED) is 0.741. The zero-order chi connectivity index (χ0) is 14.5.